The zero-order valence-electron chi connectivity index (χ0n) is 13.2. The monoisotopic (exact) mass is 364 g/mol. The minimum atomic E-state index is -0.816. The standard InChI is InChI=1S/C18H18Cl2N2O2/c1-11-5-3-9-21-16(11)17(12-6-2-7-13(19)15(12)20)22-10-4-8-14(22)18(23)24/h2-3,5-7,9,14,17H,4,8,10H2,1H3,(H,23,24). The summed E-state index contributed by atoms with van der Waals surface area (Å²) in [6, 6.07) is 8.42. The first-order valence-electron chi connectivity index (χ1n) is 7.84. The molecular formula is C18H18Cl2N2O2. The van der Waals surface area contributed by atoms with Gasteiger partial charge in [0, 0.05) is 12.7 Å². The van der Waals surface area contributed by atoms with Gasteiger partial charge in [-0.05, 0) is 43.0 Å². The van der Waals surface area contributed by atoms with Crippen LogP contribution in [0.5, 0.6) is 0 Å². The largest absolute Gasteiger partial charge is 0.480 e. The van der Waals surface area contributed by atoms with Gasteiger partial charge in [-0.15, -0.1) is 0 Å². The molecule has 1 fully saturated rings. The van der Waals surface area contributed by atoms with Gasteiger partial charge in [0.25, 0.3) is 0 Å². The second-order valence-electron chi connectivity index (χ2n) is 5.99. The van der Waals surface area contributed by atoms with Gasteiger partial charge in [-0.1, -0.05) is 41.4 Å². The second kappa shape index (κ2) is 7.09. The number of likely N-dealkylation sites (tertiary alicyclic amines) is 1. The fourth-order valence-electron chi connectivity index (χ4n) is 3.36. The van der Waals surface area contributed by atoms with Gasteiger partial charge in [0.05, 0.1) is 21.8 Å². The van der Waals surface area contributed by atoms with Gasteiger partial charge in [-0.3, -0.25) is 14.7 Å². The Morgan fingerprint density at radius 3 is 2.83 bits per heavy atom. The average molecular weight is 365 g/mol. The first-order chi connectivity index (χ1) is 11.5. The minimum absolute atomic E-state index is 0.332. The summed E-state index contributed by atoms with van der Waals surface area (Å²) in [7, 11) is 0. The van der Waals surface area contributed by atoms with Crippen molar-refractivity contribution in [3.8, 4) is 0 Å². The van der Waals surface area contributed by atoms with Crippen molar-refractivity contribution in [2.45, 2.75) is 31.8 Å². The van der Waals surface area contributed by atoms with Crippen molar-refractivity contribution in [1.82, 2.24) is 9.88 Å². The van der Waals surface area contributed by atoms with E-state index in [0.717, 1.165) is 23.2 Å². The Bertz CT molecular complexity index is 766. The molecule has 0 saturated carbocycles. The second-order valence-corrected chi connectivity index (χ2v) is 6.77. The Kier molecular flexibility index (Phi) is 5.09. The molecule has 4 nitrogen and oxygen atoms in total. The molecule has 1 aliphatic heterocycles. The molecule has 126 valence electrons. The molecule has 0 spiro atoms. The summed E-state index contributed by atoms with van der Waals surface area (Å²) < 4.78 is 0. The molecule has 2 atom stereocenters. The maximum absolute atomic E-state index is 11.7. The van der Waals surface area contributed by atoms with E-state index in [1.54, 1.807) is 12.3 Å². The topological polar surface area (TPSA) is 53.4 Å². The Labute approximate surface area is 151 Å². The number of rotatable bonds is 4. The molecule has 2 unspecified atom stereocenters. The SMILES string of the molecule is Cc1cccnc1C(c1cccc(Cl)c1Cl)N1CCCC1C(=O)O. The number of hydrogen-bond acceptors (Lipinski definition) is 3. The first kappa shape index (κ1) is 17.2. The van der Waals surface area contributed by atoms with Crippen LogP contribution in [0.3, 0.4) is 0 Å². The quantitative estimate of drug-likeness (QED) is 0.876. The van der Waals surface area contributed by atoms with Crippen molar-refractivity contribution < 1.29 is 9.90 Å². The predicted molar refractivity (Wildman–Crippen MR) is 94.6 cm³/mol. The van der Waals surface area contributed by atoms with Gasteiger partial charge in [0.2, 0.25) is 0 Å². The van der Waals surface area contributed by atoms with Crippen LogP contribution >= 0.6 is 23.2 Å². The summed E-state index contributed by atoms with van der Waals surface area (Å²) in [5.41, 5.74) is 2.60. The van der Waals surface area contributed by atoms with Crippen LogP contribution in [0.15, 0.2) is 36.5 Å². The lowest BCUT2D eigenvalue weighted by molar-refractivity contribution is -0.142. The molecule has 1 aliphatic rings. The highest BCUT2D eigenvalue weighted by molar-refractivity contribution is 6.42. The van der Waals surface area contributed by atoms with E-state index in [1.807, 2.05) is 36.1 Å². The zero-order valence-corrected chi connectivity index (χ0v) is 14.8. The maximum Gasteiger partial charge on any atom is 0.320 e. The third-order valence-electron chi connectivity index (χ3n) is 4.50. The van der Waals surface area contributed by atoms with Crippen LogP contribution in [0.4, 0.5) is 0 Å². The number of benzene rings is 1. The molecule has 0 amide bonds. The Hall–Kier alpha value is -1.62. The van der Waals surface area contributed by atoms with Crippen LogP contribution in [0, 0.1) is 6.92 Å². The number of aryl methyl sites for hydroxylation is 1. The van der Waals surface area contributed by atoms with E-state index in [-0.39, 0.29) is 6.04 Å². The predicted octanol–water partition coefficient (Wildman–Crippen LogP) is 4.34. The van der Waals surface area contributed by atoms with Crippen molar-refractivity contribution in [3.63, 3.8) is 0 Å². The lowest BCUT2D eigenvalue weighted by Gasteiger charge is -2.32. The molecule has 24 heavy (non-hydrogen) atoms. The van der Waals surface area contributed by atoms with Crippen LogP contribution in [0.2, 0.25) is 10.0 Å². The summed E-state index contributed by atoms with van der Waals surface area (Å²) in [5, 5.41) is 10.5. The fourth-order valence-corrected chi connectivity index (χ4v) is 3.77. The van der Waals surface area contributed by atoms with Crippen LogP contribution < -0.4 is 0 Å². The van der Waals surface area contributed by atoms with E-state index >= 15 is 0 Å². The number of pyridine rings is 1. The molecule has 0 bridgehead atoms. The highest BCUT2D eigenvalue weighted by Gasteiger charge is 2.38. The molecule has 2 aromatic rings. The molecule has 6 heteroatoms. The summed E-state index contributed by atoms with van der Waals surface area (Å²) in [6.07, 6.45) is 3.17. The third-order valence-corrected chi connectivity index (χ3v) is 5.33. The molecule has 1 aromatic heterocycles. The van der Waals surface area contributed by atoms with E-state index in [0.29, 0.717) is 23.0 Å². The highest BCUT2D eigenvalue weighted by Crippen LogP contribution is 2.40. The normalized spacial score (nSPS) is 19.4. The smallest absolute Gasteiger partial charge is 0.320 e. The lowest BCUT2D eigenvalue weighted by Crippen LogP contribution is -2.40. The highest BCUT2D eigenvalue weighted by atomic mass is 35.5. The first-order valence-corrected chi connectivity index (χ1v) is 8.60. The van der Waals surface area contributed by atoms with Crippen molar-refractivity contribution in [1.29, 1.82) is 0 Å². The van der Waals surface area contributed by atoms with Gasteiger partial charge in [0.15, 0.2) is 0 Å². The molecule has 1 aromatic carbocycles. The van der Waals surface area contributed by atoms with Crippen molar-refractivity contribution in [2.24, 2.45) is 0 Å². The van der Waals surface area contributed by atoms with Gasteiger partial charge in [0.1, 0.15) is 6.04 Å². The molecule has 2 heterocycles. The van der Waals surface area contributed by atoms with Crippen molar-refractivity contribution >= 4 is 29.2 Å². The third kappa shape index (κ3) is 3.14. The number of nitrogens with zero attached hydrogens (tertiary/aromatic N) is 2. The molecule has 3 rings (SSSR count). The van der Waals surface area contributed by atoms with Gasteiger partial charge >= 0.3 is 5.97 Å². The van der Waals surface area contributed by atoms with Crippen molar-refractivity contribution in [2.75, 3.05) is 6.54 Å². The molecular weight excluding hydrogens is 347 g/mol. The van der Waals surface area contributed by atoms with E-state index in [4.69, 9.17) is 23.2 Å². The maximum atomic E-state index is 11.7. The number of hydrogen-bond donors (Lipinski definition) is 1. The van der Waals surface area contributed by atoms with Gasteiger partial charge in [-0.2, -0.15) is 0 Å². The van der Waals surface area contributed by atoms with Crippen LogP contribution in [-0.4, -0.2) is 33.5 Å². The Balaban J connectivity index is 2.16. The molecule has 0 aliphatic carbocycles. The number of halogens is 2. The Morgan fingerprint density at radius 1 is 1.33 bits per heavy atom. The summed E-state index contributed by atoms with van der Waals surface area (Å²) in [4.78, 5) is 18.2. The number of aliphatic carboxylic acids is 1. The molecule has 0 radical (unpaired) electrons. The molecule has 1 N–H and O–H groups in total. The van der Waals surface area contributed by atoms with Gasteiger partial charge < -0.3 is 5.11 Å². The van der Waals surface area contributed by atoms with E-state index in [9.17, 15) is 9.90 Å². The number of carboxylic acids is 1. The number of carbonyl (C=O) groups is 1. The van der Waals surface area contributed by atoms with Crippen LogP contribution in [-0.2, 0) is 4.79 Å². The van der Waals surface area contributed by atoms with Crippen LogP contribution in [0.25, 0.3) is 0 Å². The van der Waals surface area contributed by atoms with E-state index < -0.39 is 12.0 Å². The Morgan fingerprint density at radius 2 is 2.12 bits per heavy atom. The van der Waals surface area contributed by atoms with Crippen LogP contribution in [0.1, 0.15) is 35.7 Å². The van der Waals surface area contributed by atoms with Crippen molar-refractivity contribution in [3.05, 3.63) is 63.4 Å². The fraction of sp³-hybridized carbons (Fsp3) is 0.333. The van der Waals surface area contributed by atoms with E-state index in [1.165, 1.54) is 0 Å². The zero-order chi connectivity index (χ0) is 17.3. The summed E-state index contributed by atoms with van der Waals surface area (Å²) in [5.74, 6) is -0.816. The molecule has 1 saturated heterocycles. The number of carboxylic acid groups (broad SMARTS) is 1. The number of aromatic nitrogens is 1. The minimum Gasteiger partial charge on any atom is -0.480 e. The summed E-state index contributed by atoms with van der Waals surface area (Å²) >= 11 is 12.7. The van der Waals surface area contributed by atoms with E-state index in [2.05, 4.69) is 4.98 Å². The lowest BCUT2D eigenvalue weighted by atomic mass is 9.97. The summed E-state index contributed by atoms with van der Waals surface area (Å²) in [6.45, 7) is 2.65. The average Bonchev–Trinajstić information content (AvgIpc) is 3.03. The van der Waals surface area contributed by atoms with Gasteiger partial charge in [-0.25, -0.2) is 0 Å².